The molecule has 1 aromatic rings. The molecule has 1 nitrogen and oxygen atoms in total. The van der Waals surface area contributed by atoms with Gasteiger partial charge in [0, 0.05) is 18.8 Å². The number of benzene rings is 1. The molecule has 1 heteroatoms. The van der Waals surface area contributed by atoms with Crippen LogP contribution in [0.3, 0.4) is 0 Å². The fourth-order valence-corrected chi connectivity index (χ4v) is 3.52. The lowest BCUT2D eigenvalue weighted by molar-refractivity contribution is 0.494. The first-order valence-electron chi connectivity index (χ1n) is 7.09. The quantitative estimate of drug-likeness (QED) is 0.739. The lowest BCUT2D eigenvalue weighted by Crippen LogP contribution is -2.20. The summed E-state index contributed by atoms with van der Waals surface area (Å²) >= 11 is 0. The summed E-state index contributed by atoms with van der Waals surface area (Å²) in [6, 6.07) is 9.23. The average Bonchev–Trinajstić information content (AvgIpc) is 2.89. The molecule has 2 unspecified atom stereocenters. The molecule has 0 bridgehead atoms. The Morgan fingerprint density at radius 3 is 2.12 bits per heavy atom. The van der Waals surface area contributed by atoms with Gasteiger partial charge in [0.15, 0.2) is 0 Å². The van der Waals surface area contributed by atoms with Gasteiger partial charge in [0.2, 0.25) is 0 Å². The van der Waals surface area contributed by atoms with Crippen molar-refractivity contribution in [2.45, 2.75) is 39.0 Å². The van der Waals surface area contributed by atoms with Crippen LogP contribution < -0.4 is 4.90 Å². The molecule has 0 radical (unpaired) electrons. The Morgan fingerprint density at radius 1 is 1.00 bits per heavy atom. The molecule has 2 atom stereocenters. The second-order valence-corrected chi connectivity index (χ2v) is 6.10. The minimum absolute atomic E-state index is 0.641. The van der Waals surface area contributed by atoms with Crippen LogP contribution >= 0.6 is 0 Å². The van der Waals surface area contributed by atoms with Crippen molar-refractivity contribution in [1.82, 2.24) is 0 Å². The summed E-state index contributed by atoms with van der Waals surface area (Å²) in [6.07, 6.45) is 4.39. The van der Waals surface area contributed by atoms with Crippen molar-refractivity contribution in [3.8, 4) is 0 Å². The van der Waals surface area contributed by atoms with E-state index in [9.17, 15) is 0 Å². The Kier molecular flexibility index (Phi) is 2.85. The van der Waals surface area contributed by atoms with Gasteiger partial charge in [-0.15, -0.1) is 0 Å². The van der Waals surface area contributed by atoms with Gasteiger partial charge in [-0.2, -0.15) is 0 Å². The number of rotatable bonds is 2. The van der Waals surface area contributed by atoms with Crippen LogP contribution in [0.5, 0.6) is 0 Å². The van der Waals surface area contributed by atoms with Gasteiger partial charge in [0.1, 0.15) is 0 Å². The van der Waals surface area contributed by atoms with E-state index < -0.39 is 0 Å². The molecule has 1 aliphatic carbocycles. The molecule has 0 amide bonds. The summed E-state index contributed by atoms with van der Waals surface area (Å²) in [6.45, 7) is 7.11. The predicted molar refractivity (Wildman–Crippen MR) is 73.6 cm³/mol. The first-order chi connectivity index (χ1) is 8.24. The lowest BCUT2D eigenvalue weighted by atomic mass is 10.0. The van der Waals surface area contributed by atoms with E-state index in [1.165, 1.54) is 43.6 Å². The highest BCUT2D eigenvalue weighted by Gasteiger charge is 2.35. The van der Waals surface area contributed by atoms with Crippen LogP contribution in [0.1, 0.15) is 44.6 Å². The summed E-state index contributed by atoms with van der Waals surface area (Å²) < 4.78 is 0. The zero-order valence-corrected chi connectivity index (χ0v) is 11.0. The highest BCUT2D eigenvalue weighted by atomic mass is 15.2. The van der Waals surface area contributed by atoms with Crippen LogP contribution in [0, 0.1) is 11.8 Å². The van der Waals surface area contributed by atoms with E-state index in [2.05, 4.69) is 43.0 Å². The zero-order valence-electron chi connectivity index (χ0n) is 11.0. The molecule has 0 N–H and O–H groups in total. The van der Waals surface area contributed by atoms with Gasteiger partial charge in [-0.05, 0) is 48.3 Å². The number of nitrogens with zero attached hydrogens (tertiary/aromatic N) is 1. The molecular formula is C16H23N. The standard InChI is InChI=1S/C16H23N/c1-12(2)13-6-8-16(9-7-13)17-10-14-4-3-5-15(14)11-17/h6-9,12,14-15H,3-5,10-11H2,1-2H3. The molecule has 0 aromatic heterocycles. The molecule has 3 rings (SSSR count). The molecule has 92 valence electrons. The predicted octanol–water partition coefficient (Wildman–Crippen LogP) is 4.05. The van der Waals surface area contributed by atoms with Gasteiger partial charge in [-0.1, -0.05) is 32.4 Å². The van der Waals surface area contributed by atoms with Crippen molar-refractivity contribution in [1.29, 1.82) is 0 Å². The monoisotopic (exact) mass is 229 g/mol. The van der Waals surface area contributed by atoms with E-state index in [0.29, 0.717) is 5.92 Å². The summed E-state index contributed by atoms with van der Waals surface area (Å²) in [7, 11) is 0. The smallest absolute Gasteiger partial charge is 0.0366 e. The Bertz CT molecular complexity index is 367. The van der Waals surface area contributed by atoms with Crippen LogP contribution in [0.25, 0.3) is 0 Å². The Hall–Kier alpha value is -0.980. The van der Waals surface area contributed by atoms with E-state index in [1.807, 2.05) is 0 Å². The van der Waals surface area contributed by atoms with Crippen LogP contribution in [0.15, 0.2) is 24.3 Å². The molecule has 1 saturated heterocycles. The maximum absolute atomic E-state index is 2.60. The van der Waals surface area contributed by atoms with E-state index >= 15 is 0 Å². The Balaban J connectivity index is 1.73. The minimum atomic E-state index is 0.641. The number of fused-ring (bicyclic) bond motifs is 1. The average molecular weight is 229 g/mol. The van der Waals surface area contributed by atoms with Gasteiger partial charge in [0.25, 0.3) is 0 Å². The fraction of sp³-hybridized carbons (Fsp3) is 0.625. The van der Waals surface area contributed by atoms with Gasteiger partial charge in [0.05, 0.1) is 0 Å². The van der Waals surface area contributed by atoms with Crippen molar-refractivity contribution in [2.75, 3.05) is 18.0 Å². The molecule has 2 aliphatic rings. The van der Waals surface area contributed by atoms with Crippen LogP contribution in [-0.2, 0) is 0 Å². The van der Waals surface area contributed by atoms with E-state index in [-0.39, 0.29) is 0 Å². The third-order valence-electron chi connectivity index (χ3n) is 4.65. The maximum atomic E-state index is 2.60. The normalized spacial score (nSPS) is 27.8. The van der Waals surface area contributed by atoms with E-state index in [4.69, 9.17) is 0 Å². The third kappa shape index (κ3) is 2.08. The van der Waals surface area contributed by atoms with Gasteiger partial charge in [-0.25, -0.2) is 0 Å². The highest BCUT2D eigenvalue weighted by molar-refractivity contribution is 5.49. The van der Waals surface area contributed by atoms with Gasteiger partial charge < -0.3 is 4.90 Å². The molecule has 0 spiro atoms. The van der Waals surface area contributed by atoms with E-state index in [1.54, 1.807) is 0 Å². The second-order valence-electron chi connectivity index (χ2n) is 6.10. The molecule has 1 saturated carbocycles. The third-order valence-corrected chi connectivity index (χ3v) is 4.65. The molecule has 1 aromatic carbocycles. The van der Waals surface area contributed by atoms with Gasteiger partial charge in [-0.3, -0.25) is 0 Å². The Morgan fingerprint density at radius 2 is 1.59 bits per heavy atom. The number of hydrogen-bond acceptors (Lipinski definition) is 1. The van der Waals surface area contributed by atoms with Gasteiger partial charge >= 0.3 is 0 Å². The lowest BCUT2D eigenvalue weighted by Gasteiger charge is -2.20. The Labute approximate surface area is 105 Å². The second kappa shape index (κ2) is 4.36. The number of hydrogen-bond donors (Lipinski definition) is 0. The molecule has 1 aliphatic heterocycles. The molecule has 17 heavy (non-hydrogen) atoms. The first-order valence-corrected chi connectivity index (χ1v) is 7.09. The molecule has 2 fully saturated rings. The van der Waals surface area contributed by atoms with Crippen LogP contribution in [-0.4, -0.2) is 13.1 Å². The van der Waals surface area contributed by atoms with Crippen molar-refractivity contribution >= 4 is 5.69 Å². The molecule has 1 heterocycles. The summed E-state index contributed by atoms with van der Waals surface area (Å²) in [4.78, 5) is 2.60. The van der Waals surface area contributed by atoms with Crippen molar-refractivity contribution < 1.29 is 0 Å². The van der Waals surface area contributed by atoms with E-state index in [0.717, 1.165) is 11.8 Å². The summed E-state index contributed by atoms with van der Waals surface area (Å²) in [5, 5.41) is 0. The first kappa shape index (κ1) is 11.1. The summed E-state index contributed by atoms with van der Waals surface area (Å²) in [5.74, 6) is 2.61. The topological polar surface area (TPSA) is 3.24 Å². The SMILES string of the molecule is CC(C)c1ccc(N2CC3CCCC3C2)cc1. The van der Waals surface area contributed by atoms with Crippen LogP contribution in [0.4, 0.5) is 5.69 Å². The van der Waals surface area contributed by atoms with Crippen LogP contribution in [0.2, 0.25) is 0 Å². The van der Waals surface area contributed by atoms with Crippen molar-refractivity contribution in [2.24, 2.45) is 11.8 Å². The zero-order chi connectivity index (χ0) is 11.8. The minimum Gasteiger partial charge on any atom is -0.371 e. The van der Waals surface area contributed by atoms with Crippen molar-refractivity contribution in [3.63, 3.8) is 0 Å². The highest BCUT2D eigenvalue weighted by Crippen LogP contribution is 2.39. The summed E-state index contributed by atoms with van der Waals surface area (Å²) in [5.41, 5.74) is 2.89. The number of anilines is 1. The maximum Gasteiger partial charge on any atom is 0.0366 e. The largest absolute Gasteiger partial charge is 0.371 e. The molecular weight excluding hydrogens is 206 g/mol. The van der Waals surface area contributed by atoms with Crippen molar-refractivity contribution in [3.05, 3.63) is 29.8 Å². The fourth-order valence-electron chi connectivity index (χ4n) is 3.52.